The maximum absolute atomic E-state index is 12.6. The van der Waals surface area contributed by atoms with Crippen LogP contribution in [0.25, 0.3) is 11.4 Å². The van der Waals surface area contributed by atoms with E-state index in [0.29, 0.717) is 22.3 Å². The van der Waals surface area contributed by atoms with Gasteiger partial charge in [0.1, 0.15) is 5.82 Å². The van der Waals surface area contributed by atoms with E-state index in [2.05, 4.69) is 44.2 Å². The normalized spacial score (nSPS) is 11.5. The topological polar surface area (TPSA) is 101 Å². The second-order valence-corrected chi connectivity index (χ2v) is 9.84. The van der Waals surface area contributed by atoms with Crippen LogP contribution in [-0.2, 0) is 10.0 Å². The molecule has 0 atom stereocenters. The summed E-state index contributed by atoms with van der Waals surface area (Å²) < 4.78 is 27.6. The predicted molar refractivity (Wildman–Crippen MR) is 129 cm³/mol. The van der Waals surface area contributed by atoms with E-state index in [1.54, 1.807) is 23.7 Å². The molecule has 0 saturated heterocycles. The molecule has 164 valence electrons. The van der Waals surface area contributed by atoms with Crippen LogP contribution >= 0.6 is 11.3 Å². The molecule has 5 aromatic rings. The van der Waals surface area contributed by atoms with Gasteiger partial charge >= 0.3 is 0 Å². The van der Waals surface area contributed by atoms with Crippen molar-refractivity contribution in [3.63, 3.8) is 0 Å². The summed E-state index contributed by atoms with van der Waals surface area (Å²) in [6, 6.07) is 26.7. The van der Waals surface area contributed by atoms with E-state index in [9.17, 15) is 8.42 Å². The van der Waals surface area contributed by atoms with Gasteiger partial charge in [-0.3, -0.25) is 9.82 Å². The number of anilines is 1. The smallest absolute Gasteiger partial charge is 0.262 e. The lowest BCUT2D eigenvalue weighted by atomic mass is 9.91. The van der Waals surface area contributed by atoms with Crippen molar-refractivity contribution in [2.45, 2.75) is 10.8 Å². The van der Waals surface area contributed by atoms with E-state index < -0.39 is 10.0 Å². The van der Waals surface area contributed by atoms with Crippen molar-refractivity contribution in [2.24, 2.45) is 0 Å². The molecule has 0 bridgehead atoms. The summed E-state index contributed by atoms with van der Waals surface area (Å²) in [4.78, 5) is 8.85. The molecule has 2 N–H and O–H groups in total. The Morgan fingerprint density at radius 1 is 0.848 bits per heavy atom. The van der Waals surface area contributed by atoms with Crippen LogP contribution in [0.1, 0.15) is 22.9 Å². The number of H-pyrrole nitrogens is 1. The largest absolute Gasteiger partial charge is 0.263 e. The number of aromatic nitrogens is 4. The first kappa shape index (κ1) is 21.0. The fourth-order valence-corrected chi connectivity index (χ4v) is 5.35. The Bertz CT molecular complexity index is 1390. The molecule has 7 nitrogen and oxygen atoms in total. The molecule has 0 unspecified atom stereocenters. The zero-order valence-electron chi connectivity index (χ0n) is 17.3. The third-order valence-corrected chi connectivity index (χ3v) is 7.29. The number of nitrogens with zero attached hydrogens (tertiary/aromatic N) is 3. The molecular weight excluding hydrogens is 454 g/mol. The summed E-state index contributed by atoms with van der Waals surface area (Å²) in [5.41, 5.74) is 2.91. The highest BCUT2D eigenvalue weighted by Gasteiger charge is 2.21. The second-order valence-electron chi connectivity index (χ2n) is 7.27. The van der Waals surface area contributed by atoms with E-state index in [-0.39, 0.29) is 10.8 Å². The van der Waals surface area contributed by atoms with Crippen LogP contribution in [0.4, 0.5) is 5.13 Å². The number of hydrogen-bond donors (Lipinski definition) is 2. The molecule has 0 aliphatic heterocycles. The maximum atomic E-state index is 12.6. The molecule has 2 heterocycles. The monoisotopic (exact) mass is 473 g/mol. The SMILES string of the molecule is O=S(=O)(Nc1nccs1)c1ccc(-c2n[nH]c(C(c3ccccc3)c3ccccc3)n2)cc1. The van der Waals surface area contributed by atoms with Crippen LogP contribution in [0.2, 0.25) is 0 Å². The molecule has 0 saturated carbocycles. The van der Waals surface area contributed by atoms with Gasteiger partial charge in [0.25, 0.3) is 10.0 Å². The Morgan fingerprint density at radius 3 is 2.06 bits per heavy atom. The summed E-state index contributed by atoms with van der Waals surface area (Å²) in [5.74, 6) is 1.11. The number of thiazole rings is 1. The Morgan fingerprint density at radius 2 is 1.48 bits per heavy atom. The first-order valence-corrected chi connectivity index (χ1v) is 12.5. The molecule has 2 aromatic heterocycles. The van der Waals surface area contributed by atoms with Crippen molar-refractivity contribution in [3.8, 4) is 11.4 Å². The molecule has 0 aliphatic carbocycles. The fraction of sp³-hybridized carbons (Fsp3) is 0.0417. The van der Waals surface area contributed by atoms with E-state index in [1.807, 2.05) is 36.4 Å². The van der Waals surface area contributed by atoms with Gasteiger partial charge < -0.3 is 0 Å². The maximum Gasteiger partial charge on any atom is 0.263 e. The Hall–Kier alpha value is -3.82. The highest BCUT2D eigenvalue weighted by Crippen LogP contribution is 2.31. The lowest BCUT2D eigenvalue weighted by molar-refractivity contribution is 0.601. The highest BCUT2D eigenvalue weighted by molar-refractivity contribution is 7.93. The number of rotatable bonds is 7. The second kappa shape index (κ2) is 8.97. The average molecular weight is 474 g/mol. The first-order chi connectivity index (χ1) is 16.1. The highest BCUT2D eigenvalue weighted by atomic mass is 32.2. The number of benzene rings is 3. The van der Waals surface area contributed by atoms with Crippen molar-refractivity contribution < 1.29 is 8.42 Å². The van der Waals surface area contributed by atoms with Gasteiger partial charge in [-0.15, -0.1) is 11.3 Å². The van der Waals surface area contributed by atoms with Gasteiger partial charge in [-0.25, -0.2) is 18.4 Å². The molecule has 0 radical (unpaired) electrons. The molecule has 5 rings (SSSR count). The van der Waals surface area contributed by atoms with Gasteiger partial charge in [0.05, 0.1) is 10.8 Å². The molecule has 9 heteroatoms. The van der Waals surface area contributed by atoms with Gasteiger partial charge in [0, 0.05) is 17.1 Å². The average Bonchev–Trinajstić information content (AvgIpc) is 3.53. The number of aromatic amines is 1. The van der Waals surface area contributed by atoms with Crippen molar-refractivity contribution in [1.82, 2.24) is 20.2 Å². The lowest BCUT2D eigenvalue weighted by Gasteiger charge is -2.15. The lowest BCUT2D eigenvalue weighted by Crippen LogP contribution is -2.12. The molecule has 0 amide bonds. The Labute approximate surface area is 195 Å². The number of nitrogens with one attached hydrogen (secondary N) is 2. The molecule has 3 aromatic carbocycles. The van der Waals surface area contributed by atoms with Crippen molar-refractivity contribution >= 4 is 26.5 Å². The standard InChI is InChI=1S/C24H19N5O2S2/c30-33(31,29-24-25-15-16-32-24)20-13-11-19(12-14-20)22-26-23(28-27-22)21(17-7-3-1-4-8-17)18-9-5-2-6-10-18/h1-16,21H,(H,25,29)(H,26,27,28). The van der Waals surface area contributed by atoms with Crippen molar-refractivity contribution in [3.05, 3.63) is 113 Å². The molecule has 0 fully saturated rings. The Balaban J connectivity index is 1.44. The summed E-state index contributed by atoms with van der Waals surface area (Å²) in [6.45, 7) is 0. The molecular formula is C24H19N5O2S2. The van der Waals surface area contributed by atoms with Gasteiger partial charge in [0.2, 0.25) is 0 Å². The summed E-state index contributed by atoms with van der Waals surface area (Å²) in [5, 5.41) is 9.51. The third kappa shape index (κ3) is 4.55. The summed E-state index contributed by atoms with van der Waals surface area (Å²) >= 11 is 1.22. The Kier molecular flexibility index (Phi) is 5.72. The van der Waals surface area contributed by atoms with Gasteiger partial charge in [-0.2, -0.15) is 5.10 Å². The van der Waals surface area contributed by atoms with E-state index in [0.717, 1.165) is 11.1 Å². The minimum Gasteiger partial charge on any atom is -0.262 e. The minimum atomic E-state index is -3.71. The zero-order chi connectivity index (χ0) is 22.7. The fourth-order valence-electron chi connectivity index (χ4n) is 3.56. The minimum absolute atomic E-state index is 0.101. The van der Waals surface area contributed by atoms with Crippen LogP contribution in [0, 0.1) is 0 Å². The molecule has 0 aliphatic rings. The molecule has 0 spiro atoms. The van der Waals surface area contributed by atoms with Crippen LogP contribution in [0.5, 0.6) is 0 Å². The van der Waals surface area contributed by atoms with Crippen molar-refractivity contribution in [1.29, 1.82) is 0 Å². The quantitative estimate of drug-likeness (QED) is 0.350. The van der Waals surface area contributed by atoms with Gasteiger partial charge in [0.15, 0.2) is 11.0 Å². The van der Waals surface area contributed by atoms with Crippen LogP contribution < -0.4 is 4.72 Å². The first-order valence-electron chi connectivity index (χ1n) is 10.1. The summed E-state index contributed by atoms with van der Waals surface area (Å²) in [6.07, 6.45) is 1.55. The third-order valence-electron chi connectivity index (χ3n) is 5.12. The van der Waals surface area contributed by atoms with E-state index in [1.165, 1.54) is 23.5 Å². The van der Waals surface area contributed by atoms with Gasteiger partial charge in [-0.05, 0) is 35.4 Å². The van der Waals surface area contributed by atoms with E-state index >= 15 is 0 Å². The zero-order valence-corrected chi connectivity index (χ0v) is 18.9. The van der Waals surface area contributed by atoms with Crippen molar-refractivity contribution in [2.75, 3.05) is 4.72 Å². The number of hydrogen-bond acceptors (Lipinski definition) is 6. The predicted octanol–water partition coefficient (Wildman–Crippen LogP) is 4.91. The summed E-state index contributed by atoms with van der Waals surface area (Å²) in [7, 11) is -3.71. The van der Waals surface area contributed by atoms with Gasteiger partial charge in [-0.1, -0.05) is 60.7 Å². The van der Waals surface area contributed by atoms with Crippen LogP contribution in [0.3, 0.4) is 0 Å². The molecule has 33 heavy (non-hydrogen) atoms. The van der Waals surface area contributed by atoms with Crippen LogP contribution in [-0.4, -0.2) is 28.6 Å². The van der Waals surface area contributed by atoms with E-state index in [4.69, 9.17) is 4.98 Å². The van der Waals surface area contributed by atoms with Crippen LogP contribution in [0.15, 0.2) is 101 Å². The number of sulfonamides is 1.